The van der Waals surface area contributed by atoms with E-state index in [0.717, 1.165) is 22.9 Å². The van der Waals surface area contributed by atoms with Gasteiger partial charge in [-0.15, -0.1) is 0 Å². The van der Waals surface area contributed by atoms with Gasteiger partial charge in [-0.2, -0.15) is 0 Å². The lowest BCUT2D eigenvalue weighted by Crippen LogP contribution is -2.08. The van der Waals surface area contributed by atoms with Crippen molar-refractivity contribution in [2.24, 2.45) is 0 Å². The van der Waals surface area contributed by atoms with Gasteiger partial charge in [0.15, 0.2) is 11.5 Å². The second kappa shape index (κ2) is 7.29. The molecule has 1 radical (unpaired) electrons. The number of ether oxygens (including phenoxy) is 1. The SMILES string of the molecule is c1ccc2c(c1)[N]c1c(cccc1C1CCCCCCCCC1)O2. The first kappa shape index (κ1) is 15.6. The van der Waals surface area contributed by atoms with Crippen molar-refractivity contribution in [3.8, 4) is 11.5 Å². The number of hydrogen-bond acceptors (Lipinski definition) is 1. The van der Waals surface area contributed by atoms with Crippen LogP contribution in [0.3, 0.4) is 0 Å². The van der Waals surface area contributed by atoms with Crippen LogP contribution < -0.4 is 10.1 Å². The van der Waals surface area contributed by atoms with Crippen LogP contribution in [0.1, 0.15) is 69.3 Å². The molecular weight excluding hydrogens is 294 g/mol. The van der Waals surface area contributed by atoms with E-state index in [9.17, 15) is 0 Å². The molecule has 0 spiro atoms. The largest absolute Gasteiger partial charge is 0.453 e. The Bertz CT molecular complexity index is 684. The standard InChI is InChI=1S/C22H26NO/c1-2-4-6-11-17(12-7-5-3-1)18-13-10-16-21-22(18)23-19-14-8-9-15-20(19)24-21/h8-10,13-17H,1-7,11-12H2. The summed E-state index contributed by atoms with van der Waals surface area (Å²) in [5.41, 5.74) is 3.41. The lowest BCUT2D eigenvalue weighted by molar-refractivity contribution is 0.452. The maximum absolute atomic E-state index is 6.12. The first-order valence-electron chi connectivity index (χ1n) is 9.53. The summed E-state index contributed by atoms with van der Waals surface area (Å²) in [4.78, 5) is 0. The number of benzene rings is 2. The second-order valence-corrected chi connectivity index (χ2v) is 7.12. The zero-order chi connectivity index (χ0) is 16.2. The van der Waals surface area contributed by atoms with Gasteiger partial charge < -0.3 is 4.74 Å². The van der Waals surface area contributed by atoms with E-state index in [1.54, 1.807) is 0 Å². The quantitative estimate of drug-likeness (QED) is 0.475. The van der Waals surface area contributed by atoms with E-state index in [2.05, 4.69) is 18.2 Å². The summed E-state index contributed by atoms with van der Waals surface area (Å²) in [5.74, 6) is 2.41. The highest BCUT2D eigenvalue weighted by molar-refractivity contribution is 5.70. The van der Waals surface area contributed by atoms with Gasteiger partial charge in [-0.25, -0.2) is 5.32 Å². The summed E-state index contributed by atoms with van der Waals surface area (Å²) in [7, 11) is 0. The predicted octanol–water partition coefficient (Wildman–Crippen LogP) is 6.97. The van der Waals surface area contributed by atoms with Crippen molar-refractivity contribution in [2.45, 2.75) is 63.7 Å². The Kier molecular flexibility index (Phi) is 4.73. The van der Waals surface area contributed by atoms with E-state index in [1.807, 2.05) is 24.3 Å². The Morgan fingerprint density at radius 1 is 0.708 bits per heavy atom. The fourth-order valence-electron chi connectivity index (χ4n) is 4.07. The minimum Gasteiger partial charge on any atom is -0.453 e. The maximum atomic E-state index is 6.12. The normalized spacial score (nSPS) is 18.7. The molecule has 1 aliphatic carbocycles. The molecule has 1 heterocycles. The van der Waals surface area contributed by atoms with E-state index in [-0.39, 0.29) is 0 Å². The average molecular weight is 320 g/mol. The molecule has 0 atom stereocenters. The van der Waals surface area contributed by atoms with E-state index in [1.165, 1.54) is 63.4 Å². The third-order valence-corrected chi connectivity index (χ3v) is 5.39. The van der Waals surface area contributed by atoms with Gasteiger partial charge in [-0.05, 0) is 42.5 Å². The topological polar surface area (TPSA) is 23.3 Å². The van der Waals surface area contributed by atoms with Crippen LogP contribution in [-0.4, -0.2) is 0 Å². The highest BCUT2D eigenvalue weighted by Gasteiger charge is 2.24. The third-order valence-electron chi connectivity index (χ3n) is 5.39. The summed E-state index contributed by atoms with van der Waals surface area (Å²) < 4.78 is 6.12. The fourth-order valence-corrected chi connectivity index (χ4v) is 4.07. The minimum absolute atomic E-state index is 0.621. The van der Waals surface area contributed by atoms with Gasteiger partial charge in [-0.3, -0.25) is 0 Å². The first-order valence-corrected chi connectivity index (χ1v) is 9.53. The lowest BCUT2D eigenvalue weighted by Gasteiger charge is -2.26. The van der Waals surface area contributed by atoms with Gasteiger partial charge >= 0.3 is 0 Å². The molecule has 24 heavy (non-hydrogen) atoms. The third kappa shape index (κ3) is 3.28. The zero-order valence-electron chi connectivity index (χ0n) is 14.3. The Balaban J connectivity index is 1.61. The van der Waals surface area contributed by atoms with Crippen LogP contribution in [0.15, 0.2) is 42.5 Å². The Hall–Kier alpha value is -1.96. The fraction of sp³-hybridized carbons (Fsp3) is 0.455. The van der Waals surface area contributed by atoms with Gasteiger partial charge in [0.05, 0.1) is 0 Å². The molecule has 0 amide bonds. The number of nitrogens with zero attached hydrogens (tertiary/aromatic N) is 1. The molecule has 0 unspecified atom stereocenters. The molecule has 0 N–H and O–H groups in total. The highest BCUT2D eigenvalue weighted by Crippen LogP contribution is 2.47. The van der Waals surface area contributed by atoms with Crippen molar-refractivity contribution in [3.63, 3.8) is 0 Å². The van der Waals surface area contributed by atoms with Gasteiger partial charge in [0, 0.05) is 0 Å². The van der Waals surface area contributed by atoms with Crippen molar-refractivity contribution in [3.05, 3.63) is 48.0 Å². The Labute approximate surface area is 145 Å². The zero-order valence-corrected chi connectivity index (χ0v) is 14.3. The summed E-state index contributed by atoms with van der Waals surface area (Å²) in [6.45, 7) is 0. The van der Waals surface area contributed by atoms with E-state index in [0.29, 0.717) is 5.92 Å². The van der Waals surface area contributed by atoms with Crippen molar-refractivity contribution in [1.82, 2.24) is 5.32 Å². The van der Waals surface area contributed by atoms with Gasteiger partial charge in [0.1, 0.15) is 11.4 Å². The Morgan fingerprint density at radius 2 is 1.38 bits per heavy atom. The number of fused-ring (bicyclic) bond motifs is 2. The van der Waals surface area contributed by atoms with Crippen molar-refractivity contribution < 1.29 is 4.74 Å². The van der Waals surface area contributed by atoms with Crippen molar-refractivity contribution in [2.75, 3.05) is 0 Å². The maximum Gasteiger partial charge on any atom is 0.153 e. The Morgan fingerprint density at radius 3 is 2.17 bits per heavy atom. The van der Waals surface area contributed by atoms with E-state index in [4.69, 9.17) is 10.1 Å². The summed E-state index contributed by atoms with van der Waals surface area (Å²) in [6, 6.07) is 14.5. The van der Waals surface area contributed by atoms with E-state index < -0.39 is 0 Å². The molecule has 0 aromatic heterocycles. The van der Waals surface area contributed by atoms with Crippen LogP contribution in [0.25, 0.3) is 0 Å². The van der Waals surface area contributed by atoms with Crippen LogP contribution in [0.2, 0.25) is 0 Å². The molecule has 0 saturated heterocycles. The van der Waals surface area contributed by atoms with Crippen LogP contribution in [0.4, 0.5) is 11.4 Å². The molecule has 1 saturated carbocycles. The molecule has 4 rings (SSSR count). The molecule has 2 nitrogen and oxygen atoms in total. The van der Waals surface area contributed by atoms with Crippen LogP contribution in [-0.2, 0) is 0 Å². The molecule has 125 valence electrons. The second-order valence-electron chi connectivity index (χ2n) is 7.12. The molecule has 0 bridgehead atoms. The number of hydrogen-bond donors (Lipinski definition) is 0. The number of para-hydroxylation sites is 3. The first-order chi connectivity index (χ1) is 11.9. The van der Waals surface area contributed by atoms with Crippen molar-refractivity contribution in [1.29, 1.82) is 0 Å². The van der Waals surface area contributed by atoms with Crippen LogP contribution in [0, 0.1) is 0 Å². The molecule has 1 aliphatic heterocycles. The summed E-state index contributed by atoms with van der Waals surface area (Å²) in [6.07, 6.45) is 12.2. The smallest absolute Gasteiger partial charge is 0.153 e. The molecule has 2 aromatic carbocycles. The summed E-state index contributed by atoms with van der Waals surface area (Å²) >= 11 is 0. The van der Waals surface area contributed by atoms with E-state index >= 15 is 0 Å². The minimum atomic E-state index is 0.621. The average Bonchev–Trinajstić information content (AvgIpc) is 2.64. The monoisotopic (exact) mass is 320 g/mol. The predicted molar refractivity (Wildman–Crippen MR) is 98.7 cm³/mol. The van der Waals surface area contributed by atoms with Gasteiger partial charge in [0.2, 0.25) is 0 Å². The van der Waals surface area contributed by atoms with Gasteiger partial charge in [0.25, 0.3) is 0 Å². The molecule has 2 aromatic rings. The molecular formula is C22H26NO. The van der Waals surface area contributed by atoms with Crippen molar-refractivity contribution >= 4 is 11.4 Å². The summed E-state index contributed by atoms with van der Waals surface area (Å²) in [5, 5.41) is 4.96. The molecule has 2 heteroatoms. The highest BCUT2D eigenvalue weighted by atomic mass is 16.5. The number of rotatable bonds is 1. The molecule has 2 aliphatic rings. The lowest BCUT2D eigenvalue weighted by atomic mass is 9.85. The molecule has 1 fully saturated rings. The van der Waals surface area contributed by atoms with Crippen LogP contribution >= 0.6 is 0 Å². The van der Waals surface area contributed by atoms with Crippen LogP contribution in [0.5, 0.6) is 11.5 Å². The van der Waals surface area contributed by atoms with Gasteiger partial charge in [-0.1, -0.05) is 69.2 Å².